The number of carbonyl (C=O) groups excluding carboxylic acids is 1. The lowest BCUT2D eigenvalue weighted by atomic mass is 9.91. The maximum atomic E-state index is 13.3. The number of aromatic nitrogens is 1. The number of rotatable bonds is 5. The molecule has 3 rings (SSSR count). The van der Waals surface area contributed by atoms with Crippen LogP contribution < -0.4 is 5.32 Å². The van der Waals surface area contributed by atoms with Crippen molar-refractivity contribution in [2.45, 2.75) is 12.3 Å². The van der Waals surface area contributed by atoms with Crippen LogP contribution in [0.3, 0.4) is 0 Å². The number of nitrogens with zero attached hydrogens (tertiary/aromatic N) is 1. The van der Waals surface area contributed by atoms with Crippen LogP contribution in [0.2, 0.25) is 0 Å². The average Bonchev–Trinajstić information content (AvgIpc) is 2.61. The molecule has 0 aliphatic rings. The van der Waals surface area contributed by atoms with E-state index in [1.807, 2.05) is 42.5 Å². The van der Waals surface area contributed by atoms with E-state index in [0.717, 1.165) is 11.1 Å². The number of pyridine rings is 1. The van der Waals surface area contributed by atoms with Gasteiger partial charge in [-0.1, -0.05) is 36.4 Å². The molecule has 1 N–H and O–H groups in total. The number of anilines is 1. The van der Waals surface area contributed by atoms with Crippen LogP contribution in [0.25, 0.3) is 0 Å². The zero-order valence-corrected chi connectivity index (χ0v) is 13.0. The van der Waals surface area contributed by atoms with Gasteiger partial charge in [-0.15, -0.1) is 0 Å². The van der Waals surface area contributed by atoms with Crippen LogP contribution in [0.1, 0.15) is 17.0 Å². The second-order valence-corrected chi connectivity index (χ2v) is 5.52. The maximum Gasteiger partial charge on any atom is 0.232 e. The molecule has 1 aromatic heterocycles. The van der Waals surface area contributed by atoms with Crippen LogP contribution in [0.15, 0.2) is 79.1 Å². The van der Waals surface area contributed by atoms with Gasteiger partial charge in [-0.05, 0) is 47.9 Å². The molecule has 0 spiro atoms. The van der Waals surface area contributed by atoms with Crippen molar-refractivity contribution in [3.63, 3.8) is 0 Å². The topological polar surface area (TPSA) is 42.0 Å². The van der Waals surface area contributed by atoms with Crippen molar-refractivity contribution in [1.29, 1.82) is 0 Å². The molecule has 0 bridgehead atoms. The minimum Gasteiger partial charge on any atom is -0.325 e. The van der Waals surface area contributed by atoms with Gasteiger partial charge in [0.05, 0.1) is 5.92 Å². The van der Waals surface area contributed by atoms with E-state index >= 15 is 0 Å². The first-order valence-electron chi connectivity index (χ1n) is 7.72. The lowest BCUT2D eigenvalue weighted by molar-refractivity contribution is -0.117. The van der Waals surface area contributed by atoms with Gasteiger partial charge in [-0.25, -0.2) is 4.39 Å². The van der Waals surface area contributed by atoms with Crippen molar-refractivity contribution < 1.29 is 9.18 Å². The van der Waals surface area contributed by atoms with Crippen molar-refractivity contribution >= 4 is 11.6 Å². The van der Waals surface area contributed by atoms with E-state index in [-0.39, 0.29) is 17.6 Å². The molecule has 0 radical (unpaired) electrons. The molecule has 1 heterocycles. The molecule has 4 heteroatoms. The first-order chi connectivity index (χ1) is 11.7. The molecule has 3 nitrogen and oxygen atoms in total. The molecule has 2 aromatic carbocycles. The second-order valence-electron chi connectivity index (χ2n) is 5.52. The number of halogens is 1. The van der Waals surface area contributed by atoms with Crippen LogP contribution in [0, 0.1) is 5.82 Å². The average molecular weight is 320 g/mol. The minimum absolute atomic E-state index is 0.163. The number of hydrogen-bond acceptors (Lipinski definition) is 2. The van der Waals surface area contributed by atoms with E-state index in [0.29, 0.717) is 12.1 Å². The molecule has 24 heavy (non-hydrogen) atoms. The predicted molar refractivity (Wildman–Crippen MR) is 92.2 cm³/mol. The van der Waals surface area contributed by atoms with Gasteiger partial charge in [0.1, 0.15) is 5.82 Å². The van der Waals surface area contributed by atoms with Crippen LogP contribution in [0.4, 0.5) is 10.1 Å². The first-order valence-corrected chi connectivity index (χ1v) is 7.72. The number of amides is 1. The van der Waals surface area contributed by atoms with Gasteiger partial charge >= 0.3 is 0 Å². The molecular formula is C20H17FN2O. The van der Waals surface area contributed by atoms with Gasteiger partial charge in [-0.2, -0.15) is 0 Å². The Morgan fingerprint density at radius 1 is 1.00 bits per heavy atom. The van der Waals surface area contributed by atoms with Gasteiger partial charge in [-0.3, -0.25) is 9.78 Å². The molecular weight excluding hydrogens is 303 g/mol. The standard InChI is InChI=1S/C20H17FN2O/c21-17-7-4-8-18(14-17)23-20(24)19(16-5-2-1-3-6-16)13-15-9-11-22-12-10-15/h1-12,14,19H,13H2,(H,23,24). The number of benzene rings is 2. The van der Waals surface area contributed by atoms with E-state index in [1.165, 1.54) is 12.1 Å². The molecule has 0 saturated heterocycles. The van der Waals surface area contributed by atoms with Crippen molar-refractivity contribution in [3.05, 3.63) is 96.1 Å². The van der Waals surface area contributed by atoms with Crippen molar-refractivity contribution in [2.75, 3.05) is 5.32 Å². The van der Waals surface area contributed by atoms with Gasteiger partial charge < -0.3 is 5.32 Å². The second kappa shape index (κ2) is 7.51. The number of nitrogens with one attached hydrogen (secondary N) is 1. The van der Waals surface area contributed by atoms with E-state index in [9.17, 15) is 9.18 Å². The van der Waals surface area contributed by atoms with E-state index in [1.54, 1.807) is 24.5 Å². The Kier molecular flexibility index (Phi) is 4.96. The van der Waals surface area contributed by atoms with E-state index in [2.05, 4.69) is 10.3 Å². The highest BCUT2D eigenvalue weighted by atomic mass is 19.1. The van der Waals surface area contributed by atoms with Crippen LogP contribution >= 0.6 is 0 Å². The Morgan fingerprint density at radius 2 is 1.75 bits per heavy atom. The SMILES string of the molecule is O=C(Nc1cccc(F)c1)C(Cc1ccncc1)c1ccccc1. The highest BCUT2D eigenvalue weighted by Gasteiger charge is 2.21. The fourth-order valence-corrected chi connectivity index (χ4v) is 2.60. The number of hydrogen-bond donors (Lipinski definition) is 1. The quantitative estimate of drug-likeness (QED) is 0.766. The van der Waals surface area contributed by atoms with Crippen LogP contribution in [0.5, 0.6) is 0 Å². The Morgan fingerprint density at radius 3 is 2.46 bits per heavy atom. The Hall–Kier alpha value is -3.01. The molecule has 1 amide bonds. The summed E-state index contributed by atoms with van der Waals surface area (Å²) >= 11 is 0. The molecule has 1 atom stereocenters. The summed E-state index contributed by atoms with van der Waals surface area (Å²) in [6.07, 6.45) is 3.97. The highest BCUT2D eigenvalue weighted by Crippen LogP contribution is 2.23. The smallest absolute Gasteiger partial charge is 0.232 e. The summed E-state index contributed by atoms with van der Waals surface area (Å²) < 4.78 is 13.3. The number of carbonyl (C=O) groups is 1. The highest BCUT2D eigenvalue weighted by molar-refractivity contribution is 5.96. The van der Waals surface area contributed by atoms with E-state index < -0.39 is 0 Å². The third-order valence-electron chi connectivity index (χ3n) is 3.80. The predicted octanol–water partition coefficient (Wildman–Crippen LogP) is 4.19. The minimum atomic E-state index is -0.377. The van der Waals surface area contributed by atoms with Crippen molar-refractivity contribution in [1.82, 2.24) is 4.98 Å². The van der Waals surface area contributed by atoms with Gasteiger partial charge in [0.2, 0.25) is 5.91 Å². The fraction of sp³-hybridized carbons (Fsp3) is 0.100. The third kappa shape index (κ3) is 4.04. The zero-order chi connectivity index (χ0) is 16.8. The van der Waals surface area contributed by atoms with Gasteiger partial charge in [0.25, 0.3) is 0 Å². The van der Waals surface area contributed by atoms with Crippen LogP contribution in [-0.2, 0) is 11.2 Å². The Balaban J connectivity index is 1.85. The molecule has 0 aliphatic heterocycles. The normalized spacial score (nSPS) is 11.7. The van der Waals surface area contributed by atoms with Gasteiger partial charge in [0.15, 0.2) is 0 Å². The first kappa shape index (κ1) is 15.9. The zero-order valence-electron chi connectivity index (χ0n) is 13.0. The van der Waals surface area contributed by atoms with Crippen molar-refractivity contribution in [3.8, 4) is 0 Å². The molecule has 3 aromatic rings. The monoisotopic (exact) mass is 320 g/mol. The Bertz CT molecular complexity index is 806. The molecule has 120 valence electrons. The summed E-state index contributed by atoms with van der Waals surface area (Å²) in [5, 5.41) is 2.81. The maximum absolute atomic E-state index is 13.3. The molecule has 0 fully saturated rings. The summed E-state index contributed by atoms with van der Waals surface area (Å²) in [5.41, 5.74) is 2.40. The summed E-state index contributed by atoms with van der Waals surface area (Å²) in [4.78, 5) is 16.8. The summed E-state index contributed by atoms with van der Waals surface area (Å²) in [6, 6.07) is 19.3. The fourth-order valence-electron chi connectivity index (χ4n) is 2.60. The summed E-state index contributed by atoms with van der Waals surface area (Å²) in [6.45, 7) is 0. The summed E-state index contributed by atoms with van der Waals surface area (Å²) in [7, 11) is 0. The lowest BCUT2D eigenvalue weighted by Crippen LogP contribution is -2.23. The molecule has 0 aliphatic carbocycles. The third-order valence-corrected chi connectivity index (χ3v) is 3.80. The largest absolute Gasteiger partial charge is 0.325 e. The van der Waals surface area contributed by atoms with Crippen molar-refractivity contribution in [2.24, 2.45) is 0 Å². The molecule has 1 unspecified atom stereocenters. The van der Waals surface area contributed by atoms with E-state index in [4.69, 9.17) is 0 Å². The van der Waals surface area contributed by atoms with Gasteiger partial charge in [0, 0.05) is 18.1 Å². The Labute approximate surface area is 140 Å². The van der Waals surface area contributed by atoms with Crippen LogP contribution in [-0.4, -0.2) is 10.9 Å². The molecule has 0 saturated carbocycles. The summed E-state index contributed by atoms with van der Waals surface area (Å²) in [5.74, 6) is -0.904. The lowest BCUT2D eigenvalue weighted by Gasteiger charge is -2.17.